The van der Waals surface area contributed by atoms with E-state index >= 15 is 0 Å². The Labute approximate surface area is 146 Å². The summed E-state index contributed by atoms with van der Waals surface area (Å²) in [5, 5.41) is 3.44. The van der Waals surface area contributed by atoms with E-state index in [0.29, 0.717) is 28.8 Å². The molecule has 1 aliphatic rings. The van der Waals surface area contributed by atoms with Crippen molar-refractivity contribution in [3.05, 3.63) is 41.8 Å². The lowest BCUT2D eigenvalue weighted by Crippen LogP contribution is -2.44. The molecule has 0 saturated carbocycles. The minimum Gasteiger partial charge on any atom is -0.323 e. The molecule has 3 rings (SSSR count). The zero-order valence-corrected chi connectivity index (χ0v) is 14.7. The van der Waals surface area contributed by atoms with E-state index in [4.69, 9.17) is 0 Å². The van der Waals surface area contributed by atoms with Crippen molar-refractivity contribution in [2.24, 2.45) is 5.92 Å². The highest BCUT2D eigenvalue weighted by atomic mass is 19.1. The molecule has 0 spiro atoms. The number of amides is 3. The van der Waals surface area contributed by atoms with Gasteiger partial charge in [-0.05, 0) is 43.9 Å². The summed E-state index contributed by atoms with van der Waals surface area (Å²) in [6, 6.07) is 5.77. The first-order chi connectivity index (χ1) is 11.8. The van der Waals surface area contributed by atoms with E-state index in [0.717, 1.165) is 11.3 Å². The van der Waals surface area contributed by atoms with Gasteiger partial charge in [0.1, 0.15) is 11.4 Å². The average Bonchev–Trinajstić information content (AvgIpc) is 2.76. The maximum Gasteiger partial charge on any atom is 0.325 e. The van der Waals surface area contributed by atoms with Crippen LogP contribution >= 0.6 is 0 Å². The van der Waals surface area contributed by atoms with E-state index in [1.54, 1.807) is 25.3 Å². The van der Waals surface area contributed by atoms with Crippen LogP contribution in [-0.4, -0.2) is 27.4 Å². The van der Waals surface area contributed by atoms with Gasteiger partial charge in [0.05, 0.1) is 12.1 Å². The number of carbonyl (C=O) groups is 2. The minimum absolute atomic E-state index is 0.00715. The molecule has 0 aliphatic carbocycles. The Morgan fingerprint density at radius 3 is 2.80 bits per heavy atom. The molecule has 1 fully saturated rings. The van der Waals surface area contributed by atoms with Crippen LogP contribution in [0, 0.1) is 11.7 Å². The predicted octanol–water partition coefficient (Wildman–Crippen LogP) is 3.62. The quantitative estimate of drug-likeness (QED) is 0.844. The van der Waals surface area contributed by atoms with Crippen molar-refractivity contribution < 1.29 is 14.0 Å². The molecular weight excluding hydrogens is 321 g/mol. The Hall–Kier alpha value is -2.50. The van der Waals surface area contributed by atoms with Crippen LogP contribution < -0.4 is 5.32 Å². The maximum absolute atomic E-state index is 13.9. The summed E-state index contributed by atoms with van der Waals surface area (Å²) in [4.78, 5) is 30.6. The van der Waals surface area contributed by atoms with Crippen LogP contribution in [0.1, 0.15) is 39.2 Å². The lowest BCUT2D eigenvalue weighted by molar-refractivity contribution is -0.131. The standard InChI is InChI=1S/C19H22FN3O2/c1-12(2)6-7-19(3)17(24)23(18(25)22-19)11-14-10-15(20)9-13-5-4-8-21-16(13)14/h4-5,8-10,12H,6-7,11H2,1-3H3,(H,22,25)/t19-/m1/s1. The van der Waals surface area contributed by atoms with E-state index in [1.165, 1.54) is 12.1 Å². The monoisotopic (exact) mass is 343 g/mol. The molecule has 1 aromatic heterocycles. The van der Waals surface area contributed by atoms with Gasteiger partial charge in [0, 0.05) is 17.1 Å². The van der Waals surface area contributed by atoms with Gasteiger partial charge in [-0.1, -0.05) is 19.9 Å². The minimum atomic E-state index is -0.905. The number of hydrogen-bond acceptors (Lipinski definition) is 3. The summed E-state index contributed by atoms with van der Waals surface area (Å²) in [7, 11) is 0. The molecule has 1 aliphatic heterocycles. The van der Waals surface area contributed by atoms with E-state index in [-0.39, 0.29) is 12.5 Å². The molecule has 0 radical (unpaired) electrons. The lowest BCUT2D eigenvalue weighted by Gasteiger charge is -2.22. The van der Waals surface area contributed by atoms with Crippen LogP contribution in [0.3, 0.4) is 0 Å². The molecule has 0 unspecified atom stereocenters. The van der Waals surface area contributed by atoms with Crippen molar-refractivity contribution >= 4 is 22.8 Å². The molecule has 1 atom stereocenters. The number of nitrogens with one attached hydrogen (secondary N) is 1. The van der Waals surface area contributed by atoms with Crippen LogP contribution in [-0.2, 0) is 11.3 Å². The fraction of sp³-hybridized carbons (Fsp3) is 0.421. The van der Waals surface area contributed by atoms with Gasteiger partial charge in [0.15, 0.2) is 0 Å². The Bertz CT molecular complexity index is 837. The van der Waals surface area contributed by atoms with Gasteiger partial charge >= 0.3 is 6.03 Å². The molecule has 6 heteroatoms. The number of benzene rings is 1. The van der Waals surface area contributed by atoms with Gasteiger partial charge in [-0.3, -0.25) is 14.7 Å². The number of nitrogens with zero attached hydrogens (tertiary/aromatic N) is 2. The summed E-state index contributed by atoms with van der Waals surface area (Å²) in [6.07, 6.45) is 3.02. The SMILES string of the molecule is CC(C)CC[C@@]1(C)NC(=O)N(Cc2cc(F)cc3cccnc23)C1=O. The first-order valence-electron chi connectivity index (χ1n) is 8.47. The zero-order valence-electron chi connectivity index (χ0n) is 14.7. The first kappa shape index (κ1) is 17.3. The molecule has 3 amide bonds. The number of carbonyl (C=O) groups excluding carboxylic acids is 2. The Balaban J connectivity index is 1.89. The molecule has 2 heterocycles. The first-order valence-corrected chi connectivity index (χ1v) is 8.47. The number of aromatic nitrogens is 1. The van der Waals surface area contributed by atoms with Gasteiger partial charge in [-0.15, -0.1) is 0 Å². The topological polar surface area (TPSA) is 62.3 Å². The van der Waals surface area contributed by atoms with E-state index in [9.17, 15) is 14.0 Å². The van der Waals surface area contributed by atoms with Gasteiger partial charge < -0.3 is 5.32 Å². The summed E-state index contributed by atoms with van der Waals surface area (Å²) < 4.78 is 13.9. The van der Waals surface area contributed by atoms with E-state index in [1.807, 2.05) is 0 Å². The number of urea groups is 1. The van der Waals surface area contributed by atoms with Crippen LogP contribution in [0.5, 0.6) is 0 Å². The molecule has 2 aromatic rings. The third-order valence-electron chi connectivity index (χ3n) is 4.64. The predicted molar refractivity (Wildman–Crippen MR) is 93.3 cm³/mol. The molecule has 0 bridgehead atoms. The van der Waals surface area contributed by atoms with E-state index < -0.39 is 17.4 Å². The lowest BCUT2D eigenvalue weighted by atomic mass is 9.92. The van der Waals surface area contributed by atoms with Crippen LogP contribution in [0.15, 0.2) is 30.5 Å². The highest BCUT2D eigenvalue weighted by Crippen LogP contribution is 2.27. The molecule has 132 valence electrons. The highest BCUT2D eigenvalue weighted by Gasteiger charge is 2.47. The summed E-state index contributed by atoms with van der Waals surface area (Å²) in [5.74, 6) is -0.247. The number of rotatable bonds is 5. The van der Waals surface area contributed by atoms with Crippen LogP contribution in [0.4, 0.5) is 9.18 Å². The Morgan fingerprint density at radius 2 is 2.08 bits per heavy atom. The molecule has 5 nitrogen and oxygen atoms in total. The molecule has 25 heavy (non-hydrogen) atoms. The average molecular weight is 343 g/mol. The summed E-state index contributed by atoms with van der Waals surface area (Å²) in [5.41, 5.74) is 0.213. The normalized spacial score (nSPS) is 20.6. The largest absolute Gasteiger partial charge is 0.325 e. The number of fused-ring (bicyclic) bond motifs is 1. The van der Waals surface area contributed by atoms with Crippen molar-refractivity contribution in [3.63, 3.8) is 0 Å². The number of pyridine rings is 1. The second kappa shape index (κ2) is 6.43. The van der Waals surface area contributed by atoms with Crippen molar-refractivity contribution in [2.45, 2.75) is 45.7 Å². The van der Waals surface area contributed by atoms with Crippen molar-refractivity contribution in [2.75, 3.05) is 0 Å². The van der Waals surface area contributed by atoms with Gasteiger partial charge in [-0.25, -0.2) is 9.18 Å². The number of imide groups is 1. The van der Waals surface area contributed by atoms with Gasteiger partial charge in [-0.2, -0.15) is 0 Å². The smallest absolute Gasteiger partial charge is 0.323 e. The number of hydrogen-bond donors (Lipinski definition) is 1. The fourth-order valence-corrected chi connectivity index (χ4v) is 3.16. The summed E-state index contributed by atoms with van der Waals surface area (Å²) in [6.45, 7) is 5.91. The molecule has 1 N–H and O–H groups in total. The Kier molecular flexibility index (Phi) is 4.45. The maximum atomic E-state index is 13.9. The fourth-order valence-electron chi connectivity index (χ4n) is 3.16. The van der Waals surface area contributed by atoms with Crippen molar-refractivity contribution in [1.82, 2.24) is 15.2 Å². The summed E-state index contributed by atoms with van der Waals surface area (Å²) >= 11 is 0. The van der Waals surface area contributed by atoms with E-state index in [2.05, 4.69) is 24.1 Å². The Morgan fingerprint density at radius 1 is 1.32 bits per heavy atom. The van der Waals surface area contributed by atoms with Gasteiger partial charge in [0.25, 0.3) is 5.91 Å². The van der Waals surface area contributed by atoms with Crippen molar-refractivity contribution in [3.8, 4) is 0 Å². The zero-order chi connectivity index (χ0) is 18.2. The van der Waals surface area contributed by atoms with Crippen LogP contribution in [0.2, 0.25) is 0 Å². The molecule has 1 saturated heterocycles. The molecule has 1 aromatic carbocycles. The molecular formula is C19H22FN3O2. The van der Waals surface area contributed by atoms with Crippen molar-refractivity contribution in [1.29, 1.82) is 0 Å². The van der Waals surface area contributed by atoms with Gasteiger partial charge in [0.2, 0.25) is 0 Å². The second-order valence-electron chi connectivity index (χ2n) is 7.23. The third kappa shape index (κ3) is 3.34. The van der Waals surface area contributed by atoms with Crippen LogP contribution in [0.25, 0.3) is 10.9 Å². The third-order valence-corrected chi connectivity index (χ3v) is 4.64. The second-order valence-corrected chi connectivity index (χ2v) is 7.23. The highest BCUT2D eigenvalue weighted by molar-refractivity contribution is 6.06. The number of halogens is 1.